The SMILES string of the molecule is C=CC(=O)N1CCN(c2nc(OC[C@@H]3CCCN3C)nc3c2CC[C@H](N2C(=O)CCc4ccc(F)cc42)C3)C[C@@H]1CC#N. The Kier molecular flexibility index (Phi) is 8.30. The minimum Gasteiger partial charge on any atom is -0.462 e. The summed E-state index contributed by atoms with van der Waals surface area (Å²) in [5.41, 5.74) is 3.47. The van der Waals surface area contributed by atoms with E-state index in [-0.39, 0.29) is 36.1 Å². The van der Waals surface area contributed by atoms with Crippen LogP contribution in [0.5, 0.6) is 6.01 Å². The average Bonchev–Trinajstić information content (AvgIpc) is 3.43. The number of nitriles is 1. The summed E-state index contributed by atoms with van der Waals surface area (Å²) in [5, 5.41) is 9.50. The van der Waals surface area contributed by atoms with E-state index >= 15 is 0 Å². The third-order valence-electron chi connectivity index (χ3n) is 9.40. The van der Waals surface area contributed by atoms with Crippen LogP contribution in [0.3, 0.4) is 0 Å². The molecule has 0 spiro atoms. The lowest BCUT2D eigenvalue weighted by atomic mass is 9.88. The zero-order valence-electron chi connectivity index (χ0n) is 24.7. The monoisotopic (exact) mass is 587 g/mol. The first-order valence-corrected chi connectivity index (χ1v) is 15.2. The molecule has 3 aliphatic heterocycles. The first-order chi connectivity index (χ1) is 20.9. The zero-order valence-corrected chi connectivity index (χ0v) is 24.7. The molecule has 4 aliphatic rings. The number of carbonyl (C=O) groups excluding carboxylic acids is 2. The first-order valence-electron chi connectivity index (χ1n) is 15.2. The molecule has 1 aromatic carbocycles. The molecule has 2 aromatic rings. The van der Waals surface area contributed by atoms with Gasteiger partial charge in [0.1, 0.15) is 18.2 Å². The molecule has 11 heteroatoms. The van der Waals surface area contributed by atoms with Crippen molar-refractivity contribution >= 4 is 23.3 Å². The molecule has 4 heterocycles. The summed E-state index contributed by atoms with van der Waals surface area (Å²) in [7, 11) is 2.10. The molecule has 3 atom stereocenters. The Morgan fingerprint density at radius 1 is 1.19 bits per heavy atom. The lowest BCUT2D eigenvalue weighted by Crippen LogP contribution is -2.55. The molecule has 2 amide bonds. The number of rotatable bonds is 7. The van der Waals surface area contributed by atoms with Crippen molar-refractivity contribution in [3.8, 4) is 12.1 Å². The van der Waals surface area contributed by atoms with Crippen LogP contribution in [-0.4, -0.2) is 89.5 Å². The number of nitrogens with zero attached hydrogens (tertiary/aromatic N) is 7. The number of likely N-dealkylation sites (tertiary alicyclic amines) is 1. The van der Waals surface area contributed by atoms with Gasteiger partial charge in [0.05, 0.1) is 29.9 Å². The van der Waals surface area contributed by atoms with Crippen molar-refractivity contribution in [1.29, 1.82) is 5.26 Å². The highest BCUT2D eigenvalue weighted by molar-refractivity contribution is 5.97. The Balaban J connectivity index is 1.32. The van der Waals surface area contributed by atoms with E-state index in [1.54, 1.807) is 15.9 Å². The largest absolute Gasteiger partial charge is 0.462 e. The van der Waals surface area contributed by atoms with Crippen molar-refractivity contribution in [2.75, 3.05) is 49.6 Å². The van der Waals surface area contributed by atoms with Crippen LogP contribution < -0.4 is 14.5 Å². The van der Waals surface area contributed by atoms with Gasteiger partial charge in [0.2, 0.25) is 11.8 Å². The predicted molar refractivity (Wildman–Crippen MR) is 159 cm³/mol. The van der Waals surface area contributed by atoms with Crippen molar-refractivity contribution in [3.63, 3.8) is 0 Å². The summed E-state index contributed by atoms with van der Waals surface area (Å²) < 4.78 is 20.5. The van der Waals surface area contributed by atoms with Crippen molar-refractivity contribution < 1.29 is 18.7 Å². The van der Waals surface area contributed by atoms with Gasteiger partial charge in [-0.25, -0.2) is 4.39 Å². The fraction of sp³-hybridized carbons (Fsp3) is 0.531. The Labute approximate surface area is 251 Å². The first kappa shape index (κ1) is 29.1. The van der Waals surface area contributed by atoms with Crippen molar-refractivity contribution in [3.05, 3.63) is 53.5 Å². The summed E-state index contributed by atoms with van der Waals surface area (Å²) in [6.07, 6.45) is 6.52. The summed E-state index contributed by atoms with van der Waals surface area (Å²) in [6, 6.07) is 7.07. The smallest absolute Gasteiger partial charge is 0.318 e. The molecule has 2 saturated heterocycles. The van der Waals surface area contributed by atoms with E-state index in [1.165, 1.54) is 18.2 Å². The van der Waals surface area contributed by atoms with E-state index in [0.717, 1.165) is 42.0 Å². The van der Waals surface area contributed by atoms with Crippen LogP contribution in [0.4, 0.5) is 15.9 Å². The molecule has 6 rings (SSSR count). The van der Waals surface area contributed by atoms with Crippen LogP contribution in [0.25, 0.3) is 0 Å². The maximum absolute atomic E-state index is 14.3. The van der Waals surface area contributed by atoms with Crippen LogP contribution >= 0.6 is 0 Å². The molecule has 0 radical (unpaired) electrons. The number of carbonyl (C=O) groups is 2. The van der Waals surface area contributed by atoms with E-state index in [2.05, 4.69) is 29.5 Å². The number of aryl methyl sites for hydroxylation is 1. The summed E-state index contributed by atoms with van der Waals surface area (Å²) in [5.74, 6) is 0.236. The number of halogens is 1. The highest BCUT2D eigenvalue weighted by Gasteiger charge is 2.37. The van der Waals surface area contributed by atoms with Gasteiger partial charge in [-0.2, -0.15) is 15.2 Å². The van der Waals surface area contributed by atoms with E-state index in [9.17, 15) is 19.2 Å². The number of likely N-dealkylation sites (N-methyl/N-ethyl adjacent to an activating group) is 1. The quantitative estimate of drug-likeness (QED) is 0.456. The maximum Gasteiger partial charge on any atom is 0.318 e. The van der Waals surface area contributed by atoms with Gasteiger partial charge in [0, 0.05) is 50.1 Å². The predicted octanol–water partition coefficient (Wildman–Crippen LogP) is 3.04. The molecule has 10 nitrogen and oxygen atoms in total. The van der Waals surface area contributed by atoms with Crippen LogP contribution in [0.1, 0.15) is 48.9 Å². The van der Waals surface area contributed by atoms with E-state index < -0.39 is 0 Å². The van der Waals surface area contributed by atoms with Gasteiger partial charge in [-0.15, -0.1) is 0 Å². The number of aromatic nitrogens is 2. The highest BCUT2D eigenvalue weighted by atomic mass is 19.1. The molecule has 0 unspecified atom stereocenters. The van der Waals surface area contributed by atoms with Crippen LogP contribution in [0.15, 0.2) is 30.9 Å². The van der Waals surface area contributed by atoms with Gasteiger partial charge in [-0.1, -0.05) is 12.6 Å². The number of piperazine rings is 1. The molecular formula is C32H38FN7O3. The molecule has 0 saturated carbocycles. The second-order valence-electron chi connectivity index (χ2n) is 12.0. The van der Waals surface area contributed by atoms with Crippen LogP contribution in [0, 0.1) is 17.1 Å². The van der Waals surface area contributed by atoms with E-state index in [0.29, 0.717) is 76.1 Å². The fourth-order valence-electron chi connectivity index (χ4n) is 7.07. The van der Waals surface area contributed by atoms with E-state index in [1.807, 2.05) is 0 Å². The molecule has 2 fully saturated rings. The van der Waals surface area contributed by atoms with Crippen LogP contribution in [0.2, 0.25) is 0 Å². The molecule has 43 heavy (non-hydrogen) atoms. The highest BCUT2D eigenvalue weighted by Crippen LogP contribution is 2.37. The Morgan fingerprint density at radius 3 is 2.81 bits per heavy atom. The number of hydrogen-bond donors (Lipinski definition) is 0. The maximum atomic E-state index is 14.3. The molecule has 226 valence electrons. The molecular weight excluding hydrogens is 549 g/mol. The van der Waals surface area contributed by atoms with Crippen molar-refractivity contribution in [2.45, 2.75) is 69.5 Å². The second-order valence-corrected chi connectivity index (χ2v) is 12.0. The van der Waals surface area contributed by atoms with Crippen LogP contribution in [-0.2, 0) is 28.9 Å². The Bertz CT molecular complexity index is 1460. The summed E-state index contributed by atoms with van der Waals surface area (Å²) in [4.78, 5) is 43.5. The number of fused-ring (bicyclic) bond motifs is 2. The number of anilines is 2. The number of ether oxygens (including phenoxy) is 1. The van der Waals surface area contributed by atoms with E-state index in [4.69, 9.17) is 14.7 Å². The van der Waals surface area contributed by atoms with Gasteiger partial charge >= 0.3 is 6.01 Å². The molecule has 0 bridgehead atoms. The van der Waals surface area contributed by atoms with Gasteiger partial charge < -0.3 is 24.3 Å². The lowest BCUT2D eigenvalue weighted by molar-refractivity contribution is -0.128. The van der Waals surface area contributed by atoms with Gasteiger partial charge in [-0.3, -0.25) is 9.59 Å². The van der Waals surface area contributed by atoms with Crippen molar-refractivity contribution in [1.82, 2.24) is 19.8 Å². The minimum absolute atomic E-state index is 0.00364. The molecule has 0 N–H and O–H groups in total. The fourth-order valence-corrected chi connectivity index (χ4v) is 7.07. The van der Waals surface area contributed by atoms with Gasteiger partial charge in [-0.05, 0) is 69.5 Å². The van der Waals surface area contributed by atoms with Gasteiger partial charge in [0.25, 0.3) is 0 Å². The summed E-state index contributed by atoms with van der Waals surface area (Å²) >= 11 is 0. The topological polar surface area (TPSA) is 106 Å². The number of hydrogen-bond acceptors (Lipinski definition) is 8. The Hall–Kier alpha value is -4.04. The normalized spacial score (nSPS) is 23.9. The molecule has 1 aliphatic carbocycles. The van der Waals surface area contributed by atoms with Gasteiger partial charge in [0.15, 0.2) is 0 Å². The third-order valence-corrected chi connectivity index (χ3v) is 9.40. The minimum atomic E-state index is -0.354. The standard InChI is InChI=1S/C32H38FN7O3/c1-3-29(41)39-16-15-38(19-24(39)12-13-34)31-26-10-9-23(40-28-17-22(33)8-6-21(28)7-11-30(40)42)18-27(26)35-32(36-31)43-20-25-5-4-14-37(25)2/h3,6,8,17,23-25H,1,4-5,7,9-12,14-16,18-20H2,2H3/t23-,24-,25-/m0/s1. The van der Waals surface area contributed by atoms with Crippen molar-refractivity contribution in [2.24, 2.45) is 0 Å². The lowest BCUT2D eigenvalue weighted by Gasteiger charge is -2.42. The third kappa shape index (κ3) is 5.80. The summed E-state index contributed by atoms with van der Waals surface area (Å²) in [6.45, 7) is 6.61. The zero-order chi connectivity index (χ0) is 30.1. The Morgan fingerprint density at radius 2 is 2.05 bits per heavy atom. The average molecular weight is 588 g/mol. The number of amides is 2. The molecule has 1 aromatic heterocycles. The second kappa shape index (κ2) is 12.3. The number of benzene rings is 1.